The molecule has 4 nitrogen and oxygen atoms in total. The molecule has 1 aliphatic heterocycles. The van der Waals surface area contributed by atoms with Crippen LogP contribution in [0.3, 0.4) is 0 Å². The molecule has 0 aromatic heterocycles. The standard InChI is InChI=1S/C22H26ClNO3/c1-26-19-8-4-6-17(14-19)15-24(16-20-9-5-13-27-20)22(25)12-11-18-7-2-3-10-21(18)23/h2-4,6-8,10,14,20H,5,9,11-13,15-16H2,1H3. The van der Waals surface area contributed by atoms with Crippen molar-refractivity contribution in [1.82, 2.24) is 4.90 Å². The Kier molecular flexibility index (Phi) is 7.13. The van der Waals surface area contributed by atoms with Crippen LogP contribution in [0.15, 0.2) is 48.5 Å². The lowest BCUT2D eigenvalue weighted by Crippen LogP contribution is -2.37. The molecule has 0 aliphatic carbocycles. The fourth-order valence-corrected chi connectivity index (χ4v) is 3.61. The molecule has 1 atom stereocenters. The molecular weight excluding hydrogens is 362 g/mol. The van der Waals surface area contributed by atoms with Crippen LogP contribution in [0.4, 0.5) is 0 Å². The molecule has 0 saturated carbocycles. The van der Waals surface area contributed by atoms with E-state index in [0.717, 1.165) is 36.3 Å². The Hall–Kier alpha value is -2.04. The zero-order valence-corrected chi connectivity index (χ0v) is 16.5. The molecule has 2 aromatic carbocycles. The SMILES string of the molecule is COc1cccc(CN(CC2CCCO2)C(=O)CCc2ccccc2Cl)c1. The molecule has 1 saturated heterocycles. The van der Waals surface area contributed by atoms with Crippen molar-refractivity contribution in [2.24, 2.45) is 0 Å². The molecule has 0 radical (unpaired) electrons. The van der Waals surface area contributed by atoms with Gasteiger partial charge in [-0.05, 0) is 48.6 Å². The summed E-state index contributed by atoms with van der Waals surface area (Å²) in [4.78, 5) is 14.9. The van der Waals surface area contributed by atoms with E-state index >= 15 is 0 Å². The van der Waals surface area contributed by atoms with E-state index in [9.17, 15) is 4.79 Å². The number of carbonyl (C=O) groups excluding carboxylic acids is 1. The van der Waals surface area contributed by atoms with Gasteiger partial charge in [-0.15, -0.1) is 0 Å². The van der Waals surface area contributed by atoms with Gasteiger partial charge in [0.15, 0.2) is 0 Å². The van der Waals surface area contributed by atoms with Gasteiger partial charge in [0, 0.05) is 31.1 Å². The molecule has 0 bridgehead atoms. The quantitative estimate of drug-likeness (QED) is 0.669. The number of amides is 1. The van der Waals surface area contributed by atoms with Crippen LogP contribution in [0, 0.1) is 0 Å². The van der Waals surface area contributed by atoms with E-state index in [-0.39, 0.29) is 12.0 Å². The second kappa shape index (κ2) is 9.77. The Labute approximate surface area is 166 Å². The summed E-state index contributed by atoms with van der Waals surface area (Å²) < 4.78 is 11.1. The van der Waals surface area contributed by atoms with Crippen molar-refractivity contribution in [2.75, 3.05) is 20.3 Å². The predicted octanol–water partition coefficient (Wildman–Crippen LogP) is 4.49. The first kappa shape index (κ1) is 19.7. The van der Waals surface area contributed by atoms with Crippen molar-refractivity contribution in [3.63, 3.8) is 0 Å². The smallest absolute Gasteiger partial charge is 0.223 e. The summed E-state index contributed by atoms with van der Waals surface area (Å²) in [6.07, 6.45) is 3.26. The van der Waals surface area contributed by atoms with Gasteiger partial charge < -0.3 is 14.4 Å². The van der Waals surface area contributed by atoms with E-state index in [2.05, 4.69) is 0 Å². The monoisotopic (exact) mass is 387 g/mol. The predicted molar refractivity (Wildman–Crippen MR) is 107 cm³/mol. The van der Waals surface area contributed by atoms with Crippen LogP contribution in [0.5, 0.6) is 5.75 Å². The van der Waals surface area contributed by atoms with Crippen LogP contribution < -0.4 is 4.74 Å². The Bertz CT molecular complexity index is 759. The number of aryl methyl sites for hydroxylation is 1. The molecule has 1 unspecified atom stereocenters. The first-order chi connectivity index (χ1) is 13.2. The van der Waals surface area contributed by atoms with Crippen molar-refractivity contribution in [3.05, 3.63) is 64.7 Å². The van der Waals surface area contributed by atoms with Crippen molar-refractivity contribution in [3.8, 4) is 5.75 Å². The first-order valence-corrected chi connectivity index (χ1v) is 9.79. The highest BCUT2D eigenvalue weighted by molar-refractivity contribution is 6.31. The van der Waals surface area contributed by atoms with E-state index in [1.807, 2.05) is 53.4 Å². The van der Waals surface area contributed by atoms with Crippen LogP contribution in [-0.4, -0.2) is 37.2 Å². The molecule has 1 aliphatic rings. The second-order valence-electron chi connectivity index (χ2n) is 6.85. The maximum absolute atomic E-state index is 13.0. The maximum Gasteiger partial charge on any atom is 0.223 e. The summed E-state index contributed by atoms with van der Waals surface area (Å²) >= 11 is 6.23. The lowest BCUT2D eigenvalue weighted by Gasteiger charge is -2.26. The van der Waals surface area contributed by atoms with Gasteiger partial charge in [-0.2, -0.15) is 0 Å². The van der Waals surface area contributed by atoms with Crippen molar-refractivity contribution >= 4 is 17.5 Å². The topological polar surface area (TPSA) is 38.8 Å². The van der Waals surface area contributed by atoms with Gasteiger partial charge in [0.1, 0.15) is 5.75 Å². The molecule has 0 spiro atoms. The van der Waals surface area contributed by atoms with Gasteiger partial charge in [0.05, 0.1) is 13.2 Å². The number of rotatable bonds is 8. The number of ether oxygens (including phenoxy) is 2. The van der Waals surface area contributed by atoms with E-state index in [4.69, 9.17) is 21.1 Å². The summed E-state index contributed by atoms with van der Waals surface area (Å²) in [6.45, 7) is 1.96. The van der Waals surface area contributed by atoms with Crippen LogP contribution >= 0.6 is 11.6 Å². The maximum atomic E-state index is 13.0. The highest BCUT2D eigenvalue weighted by Gasteiger charge is 2.23. The fraction of sp³-hybridized carbons (Fsp3) is 0.409. The molecule has 5 heteroatoms. The van der Waals surface area contributed by atoms with Crippen LogP contribution in [0.25, 0.3) is 0 Å². The first-order valence-electron chi connectivity index (χ1n) is 9.41. The summed E-state index contributed by atoms with van der Waals surface area (Å²) in [5, 5.41) is 0.712. The molecule has 1 heterocycles. The lowest BCUT2D eigenvalue weighted by atomic mass is 10.1. The average Bonchev–Trinajstić information content (AvgIpc) is 3.20. The number of carbonyl (C=O) groups is 1. The zero-order valence-electron chi connectivity index (χ0n) is 15.7. The largest absolute Gasteiger partial charge is 0.497 e. The number of hydrogen-bond acceptors (Lipinski definition) is 3. The molecule has 3 rings (SSSR count). The van der Waals surface area contributed by atoms with E-state index < -0.39 is 0 Å². The average molecular weight is 388 g/mol. The van der Waals surface area contributed by atoms with Crippen LogP contribution in [0.2, 0.25) is 5.02 Å². The summed E-state index contributed by atoms with van der Waals surface area (Å²) in [6, 6.07) is 15.5. The molecule has 1 amide bonds. The van der Waals surface area contributed by atoms with Gasteiger partial charge in [-0.1, -0.05) is 41.9 Å². The van der Waals surface area contributed by atoms with Gasteiger partial charge in [-0.25, -0.2) is 0 Å². The van der Waals surface area contributed by atoms with Crippen molar-refractivity contribution in [1.29, 1.82) is 0 Å². The van der Waals surface area contributed by atoms with Crippen molar-refractivity contribution in [2.45, 2.75) is 38.3 Å². The molecule has 144 valence electrons. The van der Waals surface area contributed by atoms with Crippen molar-refractivity contribution < 1.29 is 14.3 Å². The van der Waals surface area contributed by atoms with Gasteiger partial charge >= 0.3 is 0 Å². The summed E-state index contributed by atoms with van der Waals surface area (Å²) in [5.74, 6) is 0.918. The van der Waals surface area contributed by atoms with E-state index in [1.54, 1.807) is 7.11 Å². The Morgan fingerprint density at radius 3 is 2.85 bits per heavy atom. The summed E-state index contributed by atoms with van der Waals surface area (Å²) in [7, 11) is 1.65. The minimum absolute atomic E-state index is 0.119. The highest BCUT2D eigenvalue weighted by Crippen LogP contribution is 2.20. The normalized spacial score (nSPS) is 16.3. The number of methoxy groups -OCH3 is 1. The minimum atomic E-state index is 0.119. The highest BCUT2D eigenvalue weighted by atomic mass is 35.5. The van der Waals surface area contributed by atoms with Crippen LogP contribution in [-0.2, 0) is 22.5 Å². The van der Waals surface area contributed by atoms with Crippen LogP contribution in [0.1, 0.15) is 30.4 Å². The third-order valence-corrected chi connectivity index (χ3v) is 5.24. The molecule has 1 fully saturated rings. The Morgan fingerprint density at radius 2 is 2.11 bits per heavy atom. The molecule has 27 heavy (non-hydrogen) atoms. The number of benzene rings is 2. The minimum Gasteiger partial charge on any atom is -0.497 e. The number of nitrogens with zero attached hydrogens (tertiary/aromatic N) is 1. The summed E-state index contributed by atoms with van der Waals surface area (Å²) in [5.41, 5.74) is 2.06. The van der Waals surface area contributed by atoms with Gasteiger partial charge in [0.2, 0.25) is 5.91 Å². The molecular formula is C22H26ClNO3. The zero-order chi connectivity index (χ0) is 19.1. The van der Waals surface area contributed by atoms with Gasteiger partial charge in [0.25, 0.3) is 0 Å². The van der Waals surface area contributed by atoms with Gasteiger partial charge in [-0.3, -0.25) is 4.79 Å². The Morgan fingerprint density at radius 1 is 1.26 bits per heavy atom. The molecule has 2 aromatic rings. The third kappa shape index (κ3) is 5.72. The molecule has 0 N–H and O–H groups in total. The number of hydrogen-bond donors (Lipinski definition) is 0. The van der Waals surface area contributed by atoms with E-state index in [0.29, 0.717) is 31.0 Å². The Balaban J connectivity index is 1.67. The number of halogens is 1. The third-order valence-electron chi connectivity index (χ3n) is 4.87. The van der Waals surface area contributed by atoms with E-state index in [1.165, 1.54) is 0 Å². The second-order valence-corrected chi connectivity index (χ2v) is 7.26. The fourth-order valence-electron chi connectivity index (χ4n) is 3.38. The lowest BCUT2D eigenvalue weighted by molar-refractivity contribution is -0.133.